The molecule has 1 saturated heterocycles. The molecule has 24 heavy (non-hydrogen) atoms. The normalized spacial score (nSPS) is 35.8. The largest absolute Gasteiger partial charge is 0.522 e. The smallest absolute Gasteiger partial charge is 0.348 e. The lowest BCUT2D eigenvalue weighted by atomic mass is 9.79. The zero-order chi connectivity index (χ0) is 17.6. The molecule has 0 aromatic carbocycles. The number of alkyl halides is 3. The van der Waals surface area contributed by atoms with Crippen LogP contribution in [0.4, 0.5) is 13.2 Å². The van der Waals surface area contributed by atoms with Crippen molar-refractivity contribution < 1.29 is 27.4 Å². The van der Waals surface area contributed by atoms with Crippen LogP contribution < -0.4 is 0 Å². The third-order valence-corrected chi connectivity index (χ3v) is 5.39. The van der Waals surface area contributed by atoms with E-state index < -0.39 is 12.5 Å². The highest BCUT2D eigenvalue weighted by molar-refractivity contribution is 7.99. The van der Waals surface area contributed by atoms with Crippen molar-refractivity contribution in [2.45, 2.75) is 50.2 Å². The number of hydrogen-bond acceptors (Lipinski definition) is 4. The van der Waals surface area contributed by atoms with Crippen LogP contribution >= 0.6 is 11.8 Å². The monoisotopic (exact) mass is 366 g/mol. The highest BCUT2D eigenvalue weighted by Gasteiger charge is 2.36. The molecule has 0 aromatic rings. The summed E-state index contributed by atoms with van der Waals surface area (Å²) < 4.78 is 52.1. The Hall–Kier alpha value is -0.500. The number of halogens is 3. The van der Waals surface area contributed by atoms with E-state index in [0.717, 1.165) is 0 Å². The first-order valence-corrected chi connectivity index (χ1v) is 9.51. The van der Waals surface area contributed by atoms with Crippen LogP contribution in [0, 0.1) is 11.8 Å². The second-order valence-electron chi connectivity index (χ2n) is 6.30. The van der Waals surface area contributed by atoms with Gasteiger partial charge in [0.2, 0.25) is 0 Å². The first-order chi connectivity index (χ1) is 11.4. The van der Waals surface area contributed by atoms with Crippen molar-refractivity contribution in [2.24, 2.45) is 11.8 Å². The maximum atomic E-state index is 12.3. The Morgan fingerprint density at radius 1 is 1.08 bits per heavy atom. The van der Waals surface area contributed by atoms with Crippen LogP contribution in [0.5, 0.6) is 0 Å². The molecule has 0 amide bonds. The predicted molar refractivity (Wildman–Crippen MR) is 88.7 cm³/mol. The van der Waals surface area contributed by atoms with Gasteiger partial charge >= 0.3 is 6.36 Å². The van der Waals surface area contributed by atoms with Crippen molar-refractivity contribution in [2.75, 3.05) is 19.5 Å². The number of rotatable bonds is 5. The van der Waals surface area contributed by atoms with Gasteiger partial charge in [0.1, 0.15) is 0 Å². The quantitative estimate of drug-likeness (QED) is 0.668. The summed E-state index contributed by atoms with van der Waals surface area (Å²) in [5.74, 6) is 0.442. The van der Waals surface area contributed by atoms with E-state index >= 15 is 0 Å². The molecular weight excluding hydrogens is 341 g/mol. The van der Waals surface area contributed by atoms with Gasteiger partial charge in [-0.15, -0.1) is 13.2 Å². The fourth-order valence-corrected chi connectivity index (χ4v) is 3.49. The van der Waals surface area contributed by atoms with Crippen molar-refractivity contribution in [3.63, 3.8) is 0 Å². The summed E-state index contributed by atoms with van der Waals surface area (Å²) in [5, 5.41) is 0.389. The SMILES string of the molecule is CSC1COC(/C=C/C=C/C2CCC(OC(F)(F)F)CC2C)OC1. The van der Waals surface area contributed by atoms with E-state index in [4.69, 9.17) is 9.47 Å². The van der Waals surface area contributed by atoms with E-state index in [-0.39, 0.29) is 18.1 Å². The summed E-state index contributed by atoms with van der Waals surface area (Å²) in [7, 11) is 0. The van der Waals surface area contributed by atoms with E-state index in [1.807, 2.05) is 31.4 Å². The Bertz CT molecular complexity index is 431. The van der Waals surface area contributed by atoms with Crippen molar-refractivity contribution in [1.82, 2.24) is 0 Å². The molecule has 0 spiro atoms. The second-order valence-corrected chi connectivity index (χ2v) is 7.44. The van der Waals surface area contributed by atoms with E-state index in [1.165, 1.54) is 0 Å². The lowest BCUT2D eigenvalue weighted by molar-refractivity contribution is -0.346. The van der Waals surface area contributed by atoms with E-state index in [2.05, 4.69) is 10.8 Å². The molecule has 0 radical (unpaired) electrons. The highest BCUT2D eigenvalue weighted by Crippen LogP contribution is 2.35. The molecule has 1 aliphatic carbocycles. The number of thioether (sulfide) groups is 1. The molecule has 0 bridgehead atoms. The Morgan fingerprint density at radius 2 is 1.75 bits per heavy atom. The molecule has 1 heterocycles. The van der Waals surface area contributed by atoms with E-state index in [0.29, 0.717) is 37.7 Å². The van der Waals surface area contributed by atoms with Crippen molar-refractivity contribution in [3.8, 4) is 0 Å². The summed E-state index contributed by atoms with van der Waals surface area (Å²) in [6.45, 7) is 3.33. The minimum atomic E-state index is -4.54. The van der Waals surface area contributed by atoms with Crippen molar-refractivity contribution in [1.29, 1.82) is 0 Å². The maximum absolute atomic E-state index is 12.3. The van der Waals surface area contributed by atoms with Gasteiger partial charge in [0, 0.05) is 0 Å². The van der Waals surface area contributed by atoms with Crippen LogP contribution in [0.2, 0.25) is 0 Å². The minimum Gasteiger partial charge on any atom is -0.348 e. The van der Waals surface area contributed by atoms with Gasteiger partial charge in [-0.25, -0.2) is 0 Å². The van der Waals surface area contributed by atoms with Crippen LogP contribution in [-0.4, -0.2) is 43.5 Å². The molecule has 1 aliphatic heterocycles. The average molecular weight is 366 g/mol. The van der Waals surface area contributed by atoms with Crippen molar-refractivity contribution >= 4 is 11.8 Å². The molecule has 138 valence electrons. The van der Waals surface area contributed by atoms with Crippen LogP contribution in [0.1, 0.15) is 26.2 Å². The minimum absolute atomic E-state index is 0.167. The van der Waals surface area contributed by atoms with Gasteiger partial charge in [-0.3, -0.25) is 4.74 Å². The van der Waals surface area contributed by atoms with E-state index in [9.17, 15) is 13.2 Å². The first-order valence-electron chi connectivity index (χ1n) is 8.23. The molecule has 7 heteroatoms. The van der Waals surface area contributed by atoms with Gasteiger partial charge in [-0.05, 0) is 43.4 Å². The van der Waals surface area contributed by atoms with Crippen LogP contribution in [0.3, 0.4) is 0 Å². The van der Waals surface area contributed by atoms with Gasteiger partial charge in [-0.2, -0.15) is 11.8 Å². The van der Waals surface area contributed by atoms with Gasteiger partial charge in [0.25, 0.3) is 0 Å². The van der Waals surface area contributed by atoms with Crippen LogP contribution in [0.25, 0.3) is 0 Å². The summed E-state index contributed by atoms with van der Waals surface area (Å²) in [6.07, 6.45) is 5.77. The maximum Gasteiger partial charge on any atom is 0.522 e. The third kappa shape index (κ3) is 6.78. The molecule has 2 rings (SSSR count). The van der Waals surface area contributed by atoms with Crippen molar-refractivity contribution in [3.05, 3.63) is 24.3 Å². The highest BCUT2D eigenvalue weighted by atomic mass is 32.2. The molecule has 2 aliphatic rings. The Balaban J connectivity index is 1.72. The number of hydrogen-bond donors (Lipinski definition) is 0. The van der Waals surface area contributed by atoms with Gasteiger partial charge in [0.05, 0.1) is 24.6 Å². The number of ether oxygens (including phenoxy) is 3. The first kappa shape index (κ1) is 19.8. The fourth-order valence-electron chi connectivity index (χ4n) is 3.06. The molecule has 0 N–H and O–H groups in total. The lowest BCUT2D eigenvalue weighted by Crippen LogP contribution is -2.32. The van der Waals surface area contributed by atoms with Gasteiger partial charge in [-0.1, -0.05) is 25.2 Å². The fraction of sp³-hybridized carbons (Fsp3) is 0.765. The van der Waals surface area contributed by atoms with Crippen LogP contribution in [-0.2, 0) is 14.2 Å². The molecule has 3 atom stereocenters. The molecule has 2 fully saturated rings. The van der Waals surface area contributed by atoms with Crippen LogP contribution in [0.15, 0.2) is 24.3 Å². The molecular formula is C17H25F3O3S. The van der Waals surface area contributed by atoms with E-state index in [1.54, 1.807) is 11.8 Å². The predicted octanol–water partition coefficient (Wildman–Crippen LogP) is 4.54. The number of allylic oxidation sites excluding steroid dienone is 3. The Morgan fingerprint density at radius 3 is 2.33 bits per heavy atom. The Kier molecular flexibility index (Phi) is 7.65. The molecule has 0 aromatic heterocycles. The second kappa shape index (κ2) is 9.27. The van der Waals surface area contributed by atoms with Gasteiger partial charge < -0.3 is 9.47 Å². The molecule has 3 unspecified atom stereocenters. The topological polar surface area (TPSA) is 27.7 Å². The summed E-state index contributed by atoms with van der Waals surface area (Å²) >= 11 is 1.73. The Labute approximate surface area is 145 Å². The average Bonchev–Trinajstić information content (AvgIpc) is 2.52. The zero-order valence-electron chi connectivity index (χ0n) is 14.0. The summed E-state index contributed by atoms with van der Waals surface area (Å²) in [6, 6.07) is 0. The molecule has 1 saturated carbocycles. The third-order valence-electron chi connectivity index (χ3n) is 4.45. The lowest BCUT2D eigenvalue weighted by Gasteiger charge is -2.32. The zero-order valence-corrected chi connectivity index (χ0v) is 14.8. The summed E-state index contributed by atoms with van der Waals surface area (Å²) in [5.41, 5.74) is 0. The van der Waals surface area contributed by atoms with Gasteiger partial charge in [0.15, 0.2) is 6.29 Å². The summed E-state index contributed by atoms with van der Waals surface area (Å²) in [4.78, 5) is 0. The standard InChI is InChI=1S/C17H25F3O3S/c1-12-9-14(23-17(18,19)20)8-7-13(12)5-3-4-6-16-21-10-15(24-2)11-22-16/h3-6,12-16H,7-11H2,1-2H3/b5-3+,6-4+. The molecule has 3 nitrogen and oxygen atoms in total.